The van der Waals surface area contributed by atoms with Gasteiger partial charge >= 0.3 is 0 Å². The van der Waals surface area contributed by atoms with Gasteiger partial charge in [-0.15, -0.1) is 11.3 Å². The van der Waals surface area contributed by atoms with Crippen LogP contribution in [0.15, 0.2) is 71.9 Å². The van der Waals surface area contributed by atoms with Crippen LogP contribution in [0, 0.1) is 5.82 Å². The molecule has 0 radical (unpaired) electrons. The maximum atomic E-state index is 13.4. The third kappa shape index (κ3) is 6.05. The van der Waals surface area contributed by atoms with Gasteiger partial charge in [-0.1, -0.05) is 23.7 Å². The maximum Gasteiger partial charge on any atom is 0.149 e. The second-order valence-electron chi connectivity index (χ2n) is 8.95. The van der Waals surface area contributed by atoms with E-state index in [1.165, 1.54) is 29.7 Å². The first-order valence-electron chi connectivity index (χ1n) is 11.6. The molecule has 0 bridgehead atoms. The number of anilines is 2. The second-order valence-corrected chi connectivity index (χ2v) is 12.6. The third-order valence-corrected chi connectivity index (χ3v) is 8.34. The molecule has 0 saturated carbocycles. The zero-order chi connectivity index (χ0) is 26.9. The van der Waals surface area contributed by atoms with Gasteiger partial charge in [-0.25, -0.2) is 17.8 Å². The van der Waals surface area contributed by atoms with Gasteiger partial charge < -0.3 is 15.4 Å². The van der Waals surface area contributed by atoms with E-state index < -0.39 is 15.9 Å². The Balaban J connectivity index is 1.34. The van der Waals surface area contributed by atoms with Crippen LogP contribution in [0.2, 0.25) is 5.02 Å². The molecule has 1 aromatic heterocycles. The molecule has 4 aromatic rings. The number of rotatable bonds is 8. The molecular weight excluding hydrogens is 547 g/mol. The first kappa shape index (κ1) is 26.3. The van der Waals surface area contributed by atoms with Crippen molar-refractivity contribution in [3.05, 3.63) is 93.7 Å². The summed E-state index contributed by atoms with van der Waals surface area (Å²) < 4.78 is 42.4. The number of thiazole rings is 1. The molecule has 196 valence electrons. The Kier molecular flexibility index (Phi) is 7.49. The average molecular weight is 571 g/mol. The molecule has 2 N–H and O–H groups in total. The lowest BCUT2D eigenvalue weighted by atomic mass is 10.1. The molecular formula is C27H24ClFN4O3S2. The summed E-state index contributed by atoms with van der Waals surface area (Å²) in [5.74, 6) is 0.0627. The number of aliphatic imine (C=N–C) groups is 1. The number of ether oxygens (including phenoxy) is 1. The summed E-state index contributed by atoms with van der Waals surface area (Å²) in [6, 6.07) is 17.1. The van der Waals surface area contributed by atoms with E-state index in [1.807, 2.05) is 41.4 Å². The Morgan fingerprint density at radius 2 is 2.03 bits per heavy atom. The fourth-order valence-corrected chi connectivity index (χ4v) is 6.20. The van der Waals surface area contributed by atoms with Crippen molar-refractivity contribution in [2.75, 3.05) is 23.6 Å². The standard InChI is InChI=1S/C27H24ClFN4O3S2/c1-38(34,35)15-23(30)26-13-32-27(37-26)18-5-7-24-19(10-18)12-31-16-33(24)21-6-8-25(22(28)11-21)36-14-17-3-2-4-20(29)9-17/h2-13,23H,14-16,30H2,1H3/t23-/m0/s1. The summed E-state index contributed by atoms with van der Waals surface area (Å²) in [6.45, 7) is 0.627. The summed E-state index contributed by atoms with van der Waals surface area (Å²) in [5, 5.41) is 1.19. The Morgan fingerprint density at radius 1 is 1.18 bits per heavy atom. The van der Waals surface area contributed by atoms with Crippen molar-refractivity contribution in [1.82, 2.24) is 4.98 Å². The number of hydrogen-bond acceptors (Lipinski definition) is 8. The van der Waals surface area contributed by atoms with Gasteiger partial charge in [-0.2, -0.15) is 0 Å². The van der Waals surface area contributed by atoms with Crippen molar-refractivity contribution in [2.24, 2.45) is 10.7 Å². The molecule has 1 aliphatic heterocycles. The van der Waals surface area contributed by atoms with Crippen molar-refractivity contribution in [2.45, 2.75) is 12.6 Å². The predicted octanol–water partition coefficient (Wildman–Crippen LogP) is 5.75. The minimum absolute atomic E-state index is 0.127. The van der Waals surface area contributed by atoms with Gasteiger partial charge in [0, 0.05) is 40.4 Å². The highest BCUT2D eigenvalue weighted by Gasteiger charge is 2.20. The van der Waals surface area contributed by atoms with Crippen LogP contribution in [-0.2, 0) is 16.4 Å². The van der Waals surface area contributed by atoms with E-state index in [-0.39, 0.29) is 18.2 Å². The van der Waals surface area contributed by atoms with E-state index in [0.717, 1.165) is 27.5 Å². The molecule has 0 unspecified atom stereocenters. The Labute approximate surface area is 229 Å². The summed E-state index contributed by atoms with van der Waals surface area (Å²) in [6.07, 6.45) is 4.62. The van der Waals surface area contributed by atoms with Crippen molar-refractivity contribution in [3.63, 3.8) is 0 Å². The molecule has 3 aromatic carbocycles. The Hall–Kier alpha value is -3.31. The normalized spacial score (nSPS) is 13.8. The zero-order valence-corrected chi connectivity index (χ0v) is 22.7. The monoisotopic (exact) mass is 570 g/mol. The van der Waals surface area contributed by atoms with Crippen LogP contribution in [0.25, 0.3) is 10.6 Å². The first-order valence-corrected chi connectivity index (χ1v) is 14.9. The largest absolute Gasteiger partial charge is 0.487 e. The van der Waals surface area contributed by atoms with Crippen LogP contribution in [0.5, 0.6) is 5.75 Å². The first-order chi connectivity index (χ1) is 18.2. The molecule has 0 fully saturated rings. The minimum Gasteiger partial charge on any atom is -0.487 e. The topological polar surface area (TPSA) is 97.9 Å². The molecule has 0 spiro atoms. The highest BCUT2D eigenvalue weighted by atomic mass is 35.5. The lowest BCUT2D eigenvalue weighted by Crippen LogP contribution is -2.21. The summed E-state index contributed by atoms with van der Waals surface area (Å²) >= 11 is 7.91. The number of nitrogens with two attached hydrogens (primary N) is 1. The van der Waals surface area contributed by atoms with E-state index in [9.17, 15) is 12.8 Å². The van der Waals surface area contributed by atoms with Crippen LogP contribution in [0.4, 0.5) is 15.8 Å². The van der Waals surface area contributed by atoms with Gasteiger partial charge in [0.25, 0.3) is 0 Å². The van der Waals surface area contributed by atoms with Gasteiger partial charge in [0.1, 0.15) is 39.7 Å². The predicted molar refractivity (Wildman–Crippen MR) is 151 cm³/mol. The lowest BCUT2D eigenvalue weighted by Gasteiger charge is -2.28. The molecule has 1 aliphatic rings. The SMILES string of the molecule is CS(=O)(=O)C[C@H](N)c1cnc(-c2ccc3c(c2)C=NCN3c2ccc(OCc3cccc(F)c3)c(Cl)c2)s1. The number of halogens is 2. The van der Waals surface area contributed by atoms with Crippen molar-refractivity contribution in [1.29, 1.82) is 0 Å². The summed E-state index contributed by atoms with van der Waals surface area (Å²) in [7, 11) is -3.20. The van der Waals surface area contributed by atoms with Crippen LogP contribution < -0.4 is 15.4 Å². The maximum absolute atomic E-state index is 13.4. The molecule has 5 rings (SSSR count). The van der Waals surface area contributed by atoms with Crippen LogP contribution in [0.3, 0.4) is 0 Å². The van der Waals surface area contributed by atoms with Gasteiger partial charge in [0.15, 0.2) is 0 Å². The second kappa shape index (κ2) is 10.8. The number of benzene rings is 3. The van der Waals surface area contributed by atoms with Crippen molar-refractivity contribution < 1.29 is 17.5 Å². The smallest absolute Gasteiger partial charge is 0.149 e. The highest BCUT2D eigenvalue weighted by molar-refractivity contribution is 7.90. The fraction of sp³-hybridized carbons (Fsp3) is 0.185. The molecule has 2 heterocycles. The number of fused-ring (bicyclic) bond motifs is 1. The fourth-order valence-electron chi connectivity index (χ4n) is 4.12. The molecule has 0 saturated heterocycles. The van der Waals surface area contributed by atoms with E-state index in [0.29, 0.717) is 27.9 Å². The zero-order valence-electron chi connectivity index (χ0n) is 20.3. The van der Waals surface area contributed by atoms with Gasteiger partial charge in [-0.05, 0) is 54.1 Å². The van der Waals surface area contributed by atoms with E-state index in [1.54, 1.807) is 24.4 Å². The molecule has 38 heavy (non-hydrogen) atoms. The third-order valence-electron chi connectivity index (χ3n) is 5.90. The van der Waals surface area contributed by atoms with Crippen LogP contribution in [-0.4, -0.2) is 38.3 Å². The van der Waals surface area contributed by atoms with Gasteiger partial charge in [0.2, 0.25) is 0 Å². The highest BCUT2D eigenvalue weighted by Crippen LogP contribution is 2.38. The number of sulfone groups is 1. The summed E-state index contributed by atoms with van der Waals surface area (Å²) in [4.78, 5) is 11.7. The van der Waals surface area contributed by atoms with Gasteiger partial charge in [-0.3, -0.25) is 4.99 Å². The molecule has 11 heteroatoms. The number of aromatic nitrogens is 1. The van der Waals surface area contributed by atoms with Crippen LogP contribution >= 0.6 is 22.9 Å². The van der Waals surface area contributed by atoms with E-state index >= 15 is 0 Å². The summed E-state index contributed by atoms with van der Waals surface area (Å²) in [5.41, 5.74) is 10.4. The average Bonchev–Trinajstić information content (AvgIpc) is 3.37. The quantitative estimate of drug-likeness (QED) is 0.289. The van der Waals surface area contributed by atoms with Crippen molar-refractivity contribution >= 4 is 50.4 Å². The Morgan fingerprint density at radius 3 is 2.79 bits per heavy atom. The van der Waals surface area contributed by atoms with E-state index in [2.05, 4.69) is 9.98 Å². The molecule has 0 amide bonds. The molecule has 7 nitrogen and oxygen atoms in total. The van der Waals surface area contributed by atoms with Crippen molar-refractivity contribution in [3.8, 4) is 16.3 Å². The van der Waals surface area contributed by atoms with E-state index in [4.69, 9.17) is 22.1 Å². The Bertz CT molecular complexity index is 1620. The van der Waals surface area contributed by atoms with Crippen LogP contribution in [0.1, 0.15) is 22.0 Å². The number of nitrogens with zero attached hydrogens (tertiary/aromatic N) is 3. The molecule has 1 atom stereocenters. The lowest BCUT2D eigenvalue weighted by molar-refractivity contribution is 0.306. The molecule has 0 aliphatic carbocycles. The minimum atomic E-state index is -3.20. The van der Waals surface area contributed by atoms with Gasteiger partial charge in [0.05, 0.1) is 22.5 Å². The number of hydrogen-bond donors (Lipinski definition) is 1.